The Labute approximate surface area is 37.2 Å². The van der Waals surface area contributed by atoms with Gasteiger partial charge in [-0.2, -0.15) is 0 Å². The maximum atomic E-state index is 8.75. The summed E-state index contributed by atoms with van der Waals surface area (Å²) in [5.74, 6) is 0. The van der Waals surface area contributed by atoms with Crippen LogP contribution in [-0.2, 0) is 0 Å². The van der Waals surface area contributed by atoms with E-state index in [0.717, 1.165) is 13.0 Å². The predicted octanol–water partition coefficient (Wildman–Crippen LogP) is -0.297. The van der Waals surface area contributed by atoms with E-state index in [4.69, 9.17) is 5.11 Å². The van der Waals surface area contributed by atoms with E-state index in [-0.39, 0.29) is 0 Å². The molecule has 6 heavy (non-hydrogen) atoms. The van der Waals surface area contributed by atoms with E-state index < -0.39 is 5.72 Å². The van der Waals surface area contributed by atoms with Crippen LogP contribution in [0.25, 0.3) is 0 Å². The summed E-state index contributed by atoms with van der Waals surface area (Å²) >= 11 is 0. The molecule has 0 bridgehead atoms. The molecule has 1 saturated heterocycles. The Hall–Kier alpha value is -0.0800. The summed E-state index contributed by atoms with van der Waals surface area (Å²) in [7, 11) is 0. The first-order valence-electron chi connectivity index (χ1n) is 2.12. The van der Waals surface area contributed by atoms with Gasteiger partial charge in [-0.05, 0) is 6.92 Å². The molecule has 0 aromatic heterocycles. The van der Waals surface area contributed by atoms with E-state index in [1.165, 1.54) is 0 Å². The number of hydrogen-bond acceptors (Lipinski definition) is 1. The topological polar surface area (TPSA) is 34.3 Å². The van der Waals surface area contributed by atoms with E-state index in [1.807, 2.05) is 0 Å². The van der Waals surface area contributed by atoms with Gasteiger partial charge in [-0.1, -0.05) is 0 Å². The third-order valence-electron chi connectivity index (χ3n) is 1.04. The van der Waals surface area contributed by atoms with Gasteiger partial charge in [-0.3, -0.25) is 0 Å². The van der Waals surface area contributed by atoms with Gasteiger partial charge in [0.25, 0.3) is 0 Å². The average molecular weight is 86.1 g/mol. The second kappa shape index (κ2) is 0.950. The first kappa shape index (κ1) is 4.09. The lowest BCUT2D eigenvalue weighted by Crippen LogP contribution is -2.48. The van der Waals surface area contributed by atoms with Crippen LogP contribution < -0.4 is 5.32 Å². The van der Waals surface area contributed by atoms with E-state index in [2.05, 4.69) is 5.32 Å². The largest absolute Gasteiger partial charge is 0.375 e. The smallest absolute Gasteiger partial charge is 0.129 e. The first-order valence-corrected chi connectivity index (χ1v) is 2.12. The Balaban J connectivity index is 2.31. The molecule has 0 aliphatic carbocycles. The van der Waals surface area contributed by atoms with Gasteiger partial charge in [-0.25, -0.2) is 5.32 Å². The highest BCUT2D eigenvalue weighted by Gasteiger charge is 2.28. The second-order valence-electron chi connectivity index (χ2n) is 1.85. The molecule has 1 unspecified atom stereocenters. The number of rotatable bonds is 0. The van der Waals surface area contributed by atoms with Crippen LogP contribution in [0.2, 0.25) is 0 Å². The van der Waals surface area contributed by atoms with Gasteiger partial charge in [0.05, 0.1) is 0 Å². The fourth-order valence-corrected chi connectivity index (χ4v) is 0.435. The summed E-state index contributed by atoms with van der Waals surface area (Å²) in [6.07, 6.45) is 0.840. The van der Waals surface area contributed by atoms with Crippen LogP contribution in [0.1, 0.15) is 13.3 Å². The molecule has 1 fully saturated rings. The monoisotopic (exact) mass is 86.1 g/mol. The van der Waals surface area contributed by atoms with Crippen molar-refractivity contribution in [1.82, 2.24) is 5.32 Å². The minimum atomic E-state index is -0.653. The van der Waals surface area contributed by atoms with Gasteiger partial charge in [0.2, 0.25) is 0 Å². The lowest BCUT2D eigenvalue weighted by Gasteiger charge is -2.31. The molecule has 0 aromatic rings. The van der Waals surface area contributed by atoms with Crippen LogP contribution >= 0.6 is 0 Å². The van der Waals surface area contributed by atoms with Crippen LogP contribution in [0.15, 0.2) is 0 Å². The van der Waals surface area contributed by atoms with Crippen molar-refractivity contribution in [2.24, 2.45) is 0 Å². The molecule has 1 N–H and O–H groups in total. The van der Waals surface area contributed by atoms with E-state index in [9.17, 15) is 0 Å². The molecule has 35 valence electrons. The zero-order valence-corrected chi connectivity index (χ0v) is 3.81. The normalized spacial score (nSPS) is 45.0. The molecule has 2 nitrogen and oxygen atoms in total. The summed E-state index contributed by atoms with van der Waals surface area (Å²) in [6.45, 7) is 2.56. The van der Waals surface area contributed by atoms with Gasteiger partial charge in [0, 0.05) is 13.0 Å². The molecule has 0 saturated carbocycles. The fourth-order valence-electron chi connectivity index (χ4n) is 0.435. The standard InChI is InChI=1S/C4H8NO/c1-4(6)2-3-5-4/h6H,2-3H2,1H3. The Kier molecular flexibility index (Phi) is 0.648. The first-order chi connectivity index (χ1) is 2.71. The third kappa shape index (κ3) is 0.533. The van der Waals surface area contributed by atoms with Crippen molar-refractivity contribution in [3.63, 3.8) is 0 Å². The molecule has 1 radical (unpaired) electrons. The van der Waals surface area contributed by atoms with Crippen LogP contribution in [0.3, 0.4) is 0 Å². The Morgan fingerprint density at radius 3 is 2.17 bits per heavy atom. The lowest BCUT2D eigenvalue weighted by atomic mass is 10.1. The minimum absolute atomic E-state index is 0.653. The second-order valence-corrected chi connectivity index (χ2v) is 1.85. The molecule has 0 amide bonds. The molecule has 1 aliphatic heterocycles. The minimum Gasteiger partial charge on any atom is -0.375 e. The van der Waals surface area contributed by atoms with Crippen molar-refractivity contribution in [2.75, 3.05) is 6.54 Å². The van der Waals surface area contributed by atoms with Gasteiger partial charge in [0.1, 0.15) is 5.72 Å². The molecular weight excluding hydrogens is 78.0 g/mol. The number of nitrogens with zero attached hydrogens (tertiary/aromatic N) is 1. The van der Waals surface area contributed by atoms with Gasteiger partial charge >= 0.3 is 0 Å². The molecule has 1 atom stereocenters. The van der Waals surface area contributed by atoms with Crippen molar-refractivity contribution in [3.8, 4) is 0 Å². The Morgan fingerprint density at radius 2 is 2.17 bits per heavy atom. The SMILES string of the molecule is CC1(O)CC[N]1. The van der Waals surface area contributed by atoms with Crippen molar-refractivity contribution in [1.29, 1.82) is 0 Å². The maximum absolute atomic E-state index is 8.75. The summed E-state index contributed by atoms with van der Waals surface area (Å²) in [6, 6.07) is 0. The van der Waals surface area contributed by atoms with Crippen LogP contribution in [0.5, 0.6) is 0 Å². The Bertz CT molecular complexity index is 54.6. The van der Waals surface area contributed by atoms with Crippen molar-refractivity contribution in [2.45, 2.75) is 19.1 Å². The fraction of sp³-hybridized carbons (Fsp3) is 1.00. The molecule has 1 rings (SSSR count). The summed E-state index contributed by atoms with van der Waals surface area (Å²) in [5.41, 5.74) is -0.653. The highest BCUT2D eigenvalue weighted by Crippen LogP contribution is 2.14. The zero-order chi connectivity index (χ0) is 4.62. The van der Waals surface area contributed by atoms with E-state index >= 15 is 0 Å². The van der Waals surface area contributed by atoms with Crippen LogP contribution in [0.4, 0.5) is 0 Å². The lowest BCUT2D eigenvalue weighted by molar-refractivity contribution is -0.0410. The quantitative estimate of drug-likeness (QED) is 0.431. The number of aliphatic hydroxyl groups is 1. The summed E-state index contributed by atoms with van der Waals surface area (Å²) in [5, 5.41) is 12.5. The van der Waals surface area contributed by atoms with Gasteiger partial charge < -0.3 is 5.11 Å². The molecule has 1 heterocycles. The average Bonchev–Trinajstić information content (AvgIpc) is 1.32. The molecule has 0 aromatic carbocycles. The van der Waals surface area contributed by atoms with Crippen LogP contribution in [-0.4, -0.2) is 17.4 Å². The summed E-state index contributed by atoms with van der Waals surface area (Å²) < 4.78 is 0. The van der Waals surface area contributed by atoms with Gasteiger partial charge in [0.15, 0.2) is 0 Å². The van der Waals surface area contributed by atoms with Crippen LogP contribution in [0, 0.1) is 0 Å². The zero-order valence-electron chi connectivity index (χ0n) is 3.81. The Morgan fingerprint density at radius 1 is 1.83 bits per heavy atom. The molecule has 2 heteroatoms. The highest BCUT2D eigenvalue weighted by molar-refractivity contribution is 4.79. The van der Waals surface area contributed by atoms with Crippen molar-refractivity contribution < 1.29 is 5.11 Å². The van der Waals surface area contributed by atoms with E-state index in [1.54, 1.807) is 6.92 Å². The summed E-state index contributed by atoms with van der Waals surface area (Å²) in [4.78, 5) is 0. The highest BCUT2D eigenvalue weighted by atomic mass is 16.3. The van der Waals surface area contributed by atoms with Crippen molar-refractivity contribution in [3.05, 3.63) is 0 Å². The molecule has 0 spiro atoms. The van der Waals surface area contributed by atoms with E-state index in [0.29, 0.717) is 0 Å². The predicted molar refractivity (Wildman–Crippen MR) is 22.2 cm³/mol. The molecule has 1 aliphatic rings. The maximum Gasteiger partial charge on any atom is 0.129 e. The number of hydrogen-bond donors (Lipinski definition) is 1. The van der Waals surface area contributed by atoms with Gasteiger partial charge in [-0.15, -0.1) is 0 Å². The third-order valence-corrected chi connectivity index (χ3v) is 1.04. The van der Waals surface area contributed by atoms with Crippen molar-refractivity contribution >= 4 is 0 Å². The molecular formula is C4H8NO.